The van der Waals surface area contributed by atoms with Crippen molar-refractivity contribution in [3.8, 4) is 11.1 Å². The fourth-order valence-electron chi connectivity index (χ4n) is 3.00. The second kappa shape index (κ2) is 9.71. The lowest BCUT2D eigenvalue weighted by molar-refractivity contribution is -0.120. The minimum Gasteiger partial charge on any atom is -0.468 e. The first-order valence-corrected chi connectivity index (χ1v) is 9.45. The molecular weight excluding hydrogens is 366 g/mol. The van der Waals surface area contributed by atoms with Gasteiger partial charge in [-0.3, -0.25) is 14.5 Å². The van der Waals surface area contributed by atoms with E-state index in [1.807, 2.05) is 73.6 Å². The lowest BCUT2D eigenvalue weighted by Gasteiger charge is -2.22. The zero-order valence-electron chi connectivity index (χ0n) is 16.6. The van der Waals surface area contributed by atoms with Gasteiger partial charge in [-0.15, -0.1) is 0 Å². The zero-order valence-corrected chi connectivity index (χ0v) is 16.6. The Morgan fingerprint density at radius 2 is 1.59 bits per heavy atom. The van der Waals surface area contributed by atoms with E-state index in [0.717, 1.165) is 16.9 Å². The normalized spacial score (nSPS) is 11.8. The van der Waals surface area contributed by atoms with Crippen molar-refractivity contribution in [1.29, 1.82) is 0 Å². The summed E-state index contributed by atoms with van der Waals surface area (Å²) in [6.07, 6.45) is 1.61. The molecule has 2 N–H and O–H groups in total. The molecular formula is C23H25N3O3. The van der Waals surface area contributed by atoms with Crippen molar-refractivity contribution in [1.82, 2.24) is 15.5 Å². The average molecular weight is 391 g/mol. The lowest BCUT2D eigenvalue weighted by atomic mass is 10.0. The fourth-order valence-corrected chi connectivity index (χ4v) is 3.00. The molecule has 29 heavy (non-hydrogen) atoms. The van der Waals surface area contributed by atoms with Crippen LogP contribution in [0.1, 0.15) is 22.2 Å². The summed E-state index contributed by atoms with van der Waals surface area (Å²) >= 11 is 0. The van der Waals surface area contributed by atoms with E-state index in [-0.39, 0.29) is 24.4 Å². The Hall–Kier alpha value is -3.38. The monoisotopic (exact) mass is 391 g/mol. The highest BCUT2D eigenvalue weighted by Crippen LogP contribution is 2.19. The lowest BCUT2D eigenvalue weighted by Crippen LogP contribution is -2.40. The number of nitrogens with one attached hydrogen (secondary N) is 2. The Bertz CT molecular complexity index is 920. The van der Waals surface area contributed by atoms with E-state index in [1.165, 1.54) is 0 Å². The molecule has 1 heterocycles. The number of likely N-dealkylation sites (N-methyl/N-ethyl adjacent to an activating group) is 1. The van der Waals surface area contributed by atoms with Crippen LogP contribution in [0.15, 0.2) is 77.4 Å². The third-order valence-electron chi connectivity index (χ3n) is 4.65. The summed E-state index contributed by atoms with van der Waals surface area (Å²) in [5.41, 5.74) is 2.64. The van der Waals surface area contributed by atoms with Crippen LogP contribution in [0.25, 0.3) is 11.1 Å². The van der Waals surface area contributed by atoms with Crippen LogP contribution in [0, 0.1) is 0 Å². The largest absolute Gasteiger partial charge is 0.468 e. The van der Waals surface area contributed by atoms with E-state index in [2.05, 4.69) is 10.6 Å². The molecule has 0 spiro atoms. The smallest absolute Gasteiger partial charge is 0.251 e. The summed E-state index contributed by atoms with van der Waals surface area (Å²) < 4.78 is 5.42. The maximum absolute atomic E-state index is 12.3. The summed E-state index contributed by atoms with van der Waals surface area (Å²) in [6.45, 7) is 0.304. The first-order chi connectivity index (χ1) is 14.0. The van der Waals surface area contributed by atoms with Gasteiger partial charge in [0, 0.05) is 12.1 Å². The van der Waals surface area contributed by atoms with Gasteiger partial charge in [-0.05, 0) is 49.5 Å². The third kappa shape index (κ3) is 5.56. The maximum Gasteiger partial charge on any atom is 0.251 e. The number of nitrogens with zero attached hydrogens (tertiary/aromatic N) is 1. The molecule has 1 aromatic heterocycles. The van der Waals surface area contributed by atoms with Crippen molar-refractivity contribution < 1.29 is 14.0 Å². The number of benzene rings is 2. The topological polar surface area (TPSA) is 74.6 Å². The van der Waals surface area contributed by atoms with Crippen molar-refractivity contribution in [2.24, 2.45) is 0 Å². The molecule has 3 aromatic rings. The number of carbonyl (C=O) groups excluding carboxylic acids is 2. The van der Waals surface area contributed by atoms with Crippen molar-refractivity contribution in [3.05, 3.63) is 84.3 Å². The van der Waals surface area contributed by atoms with Gasteiger partial charge in [0.2, 0.25) is 5.91 Å². The molecule has 0 aliphatic rings. The van der Waals surface area contributed by atoms with Crippen LogP contribution in [-0.4, -0.2) is 43.9 Å². The Kier molecular flexibility index (Phi) is 6.81. The molecule has 0 fully saturated rings. The van der Waals surface area contributed by atoms with Crippen LogP contribution < -0.4 is 10.6 Å². The molecule has 1 atom stereocenters. The summed E-state index contributed by atoms with van der Waals surface area (Å²) in [6, 6.07) is 20.9. The van der Waals surface area contributed by atoms with Gasteiger partial charge >= 0.3 is 0 Å². The molecule has 0 saturated heterocycles. The molecule has 0 saturated carbocycles. The zero-order chi connectivity index (χ0) is 20.6. The number of hydrogen-bond acceptors (Lipinski definition) is 4. The van der Waals surface area contributed by atoms with E-state index in [4.69, 9.17) is 4.42 Å². The van der Waals surface area contributed by atoms with Gasteiger partial charge in [-0.25, -0.2) is 0 Å². The molecule has 0 bridgehead atoms. The van der Waals surface area contributed by atoms with Crippen molar-refractivity contribution in [3.63, 3.8) is 0 Å². The Labute approximate surface area is 170 Å². The van der Waals surface area contributed by atoms with E-state index in [0.29, 0.717) is 12.1 Å². The standard InChI is InChI=1S/C23H25N3O3/c1-26(2)20(21-9-6-14-29-21)15-24-22(27)16-25-23(28)19-12-10-18(11-13-19)17-7-4-3-5-8-17/h3-14,20H,15-16H2,1-2H3,(H,24,27)(H,25,28). The number of carbonyl (C=O) groups is 2. The van der Waals surface area contributed by atoms with Gasteiger partial charge < -0.3 is 15.1 Å². The predicted octanol–water partition coefficient (Wildman–Crippen LogP) is 3.10. The number of furan rings is 1. The predicted molar refractivity (Wildman–Crippen MR) is 112 cm³/mol. The molecule has 1 unspecified atom stereocenters. The minimum absolute atomic E-state index is 0.0739. The van der Waals surface area contributed by atoms with Gasteiger partial charge in [0.05, 0.1) is 18.8 Å². The highest BCUT2D eigenvalue weighted by atomic mass is 16.3. The second-order valence-electron chi connectivity index (χ2n) is 6.92. The van der Waals surface area contributed by atoms with Crippen molar-refractivity contribution >= 4 is 11.8 Å². The molecule has 6 heteroatoms. The maximum atomic E-state index is 12.3. The second-order valence-corrected chi connectivity index (χ2v) is 6.92. The van der Waals surface area contributed by atoms with Gasteiger partial charge in [0.1, 0.15) is 5.76 Å². The van der Waals surface area contributed by atoms with E-state index in [1.54, 1.807) is 18.4 Å². The van der Waals surface area contributed by atoms with Crippen LogP contribution in [-0.2, 0) is 4.79 Å². The summed E-state index contributed by atoms with van der Waals surface area (Å²) in [5, 5.41) is 5.49. The Morgan fingerprint density at radius 1 is 0.897 bits per heavy atom. The molecule has 0 radical (unpaired) electrons. The summed E-state index contributed by atoms with van der Waals surface area (Å²) in [4.78, 5) is 26.4. The fraction of sp³-hybridized carbons (Fsp3) is 0.217. The summed E-state index contributed by atoms with van der Waals surface area (Å²) in [5.74, 6) is 0.241. The first kappa shape index (κ1) is 20.4. The van der Waals surface area contributed by atoms with E-state index in [9.17, 15) is 9.59 Å². The molecule has 2 aromatic carbocycles. The summed E-state index contributed by atoms with van der Waals surface area (Å²) in [7, 11) is 3.83. The first-order valence-electron chi connectivity index (χ1n) is 9.45. The van der Waals surface area contributed by atoms with Crippen LogP contribution in [0.3, 0.4) is 0 Å². The van der Waals surface area contributed by atoms with Crippen LogP contribution >= 0.6 is 0 Å². The highest BCUT2D eigenvalue weighted by molar-refractivity contribution is 5.96. The van der Waals surface area contributed by atoms with E-state index >= 15 is 0 Å². The van der Waals surface area contributed by atoms with Gasteiger partial charge in [0.15, 0.2) is 0 Å². The number of amides is 2. The third-order valence-corrected chi connectivity index (χ3v) is 4.65. The molecule has 6 nitrogen and oxygen atoms in total. The minimum atomic E-state index is -0.282. The van der Waals surface area contributed by atoms with Gasteiger partial charge in [-0.1, -0.05) is 42.5 Å². The number of hydrogen-bond donors (Lipinski definition) is 2. The molecule has 0 aliphatic heterocycles. The van der Waals surface area contributed by atoms with Crippen molar-refractivity contribution in [2.75, 3.05) is 27.2 Å². The number of rotatable bonds is 8. The van der Waals surface area contributed by atoms with Crippen molar-refractivity contribution in [2.45, 2.75) is 6.04 Å². The van der Waals surface area contributed by atoms with Crippen LogP contribution in [0.5, 0.6) is 0 Å². The Morgan fingerprint density at radius 3 is 2.21 bits per heavy atom. The van der Waals surface area contributed by atoms with Crippen LogP contribution in [0.4, 0.5) is 0 Å². The molecule has 2 amide bonds. The highest BCUT2D eigenvalue weighted by Gasteiger charge is 2.18. The Balaban J connectivity index is 1.49. The molecule has 3 rings (SSSR count). The van der Waals surface area contributed by atoms with E-state index < -0.39 is 0 Å². The average Bonchev–Trinajstić information content (AvgIpc) is 3.27. The molecule has 0 aliphatic carbocycles. The van der Waals surface area contributed by atoms with Crippen LogP contribution in [0.2, 0.25) is 0 Å². The molecule has 150 valence electrons. The SMILES string of the molecule is CN(C)C(CNC(=O)CNC(=O)c1ccc(-c2ccccc2)cc1)c1ccco1. The quantitative estimate of drug-likeness (QED) is 0.619. The van der Waals surface area contributed by atoms with Gasteiger partial charge in [-0.2, -0.15) is 0 Å². The van der Waals surface area contributed by atoms with Gasteiger partial charge in [0.25, 0.3) is 5.91 Å².